The van der Waals surface area contributed by atoms with E-state index in [0.29, 0.717) is 46.0 Å². The van der Waals surface area contributed by atoms with Crippen molar-refractivity contribution in [3.63, 3.8) is 0 Å². The summed E-state index contributed by atoms with van der Waals surface area (Å²) in [5, 5.41) is 0.937. The molecule has 2 heterocycles. The number of ether oxygens (including phenoxy) is 2. The van der Waals surface area contributed by atoms with Gasteiger partial charge >= 0.3 is 5.97 Å². The molecule has 0 amide bonds. The van der Waals surface area contributed by atoms with Crippen molar-refractivity contribution in [2.45, 2.75) is 26.7 Å². The molecule has 0 atom stereocenters. The van der Waals surface area contributed by atoms with E-state index in [1.54, 1.807) is 26.0 Å². The zero-order valence-corrected chi connectivity index (χ0v) is 15.7. The number of H-pyrrole nitrogens is 2. The van der Waals surface area contributed by atoms with Gasteiger partial charge < -0.3 is 19.4 Å². The number of aryl methyl sites for hydroxylation is 1. The minimum Gasteiger partial charge on any atom is -0.493 e. The molecule has 0 bridgehead atoms. The van der Waals surface area contributed by atoms with Crippen LogP contribution in [0, 0.1) is 18.7 Å². The second-order valence-electron chi connectivity index (χ2n) is 7.04. The Bertz CT molecular complexity index is 1110. The Morgan fingerprint density at radius 1 is 1.25 bits per heavy atom. The molecule has 0 unspecified atom stereocenters. The second kappa shape index (κ2) is 7.14. The number of pyridine rings is 1. The van der Waals surface area contributed by atoms with Crippen LogP contribution in [0.1, 0.15) is 35.9 Å². The number of aromatic amines is 2. The molecule has 0 saturated heterocycles. The third kappa shape index (κ3) is 3.40. The molecule has 146 valence electrons. The van der Waals surface area contributed by atoms with E-state index in [4.69, 9.17) is 9.47 Å². The molecule has 7 heteroatoms. The van der Waals surface area contributed by atoms with Crippen molar-refractivity contribution in [3.05, 3.63) is 51.8 Å². The van der Waals surface area contributed by atoms with Gasteiger partial charge in [0.05, 0.1) is 24.3 Å². The van der Waals surface area contributed by atoms with Crippen molar-refractivity contribution >= 4 is 16.7 Å². The molecule has 1 aromatic carbocycles. The zero-order chi connectivity index (χ0) is 19.8. The van der Waals surface area contributed by atoms with Crippen LogP contribution in [-0.4, -0.2) is 29.2 Å². The molecule has 0 aliphatic heterocycles. The first kappa shape index (κ1) is 18.3. The lowest BCUT2D eigenvalue weighted by Crippen LogP contribution is -2.15. The van der Waals surface area contributed by atoms with Gasteiger partial charge in [-0.2, -0.15) is 0 Å². The van der Waals surface area contributed by atoms with E-state index in [9.17, 15) is 14.0 Å². The van der Waals surface area contributed by atoms with Gasteiger partial charge in [-0.05, 0) is 56.9 Å². The Morgan fingerprint density at radius 3 is 2.75 bits per heavy atom. The number of benzene rings is 1. The number of carbonyl (C=O) groups is 1. The summed E-state index contributed by atoms with van der Waals surface area (Å²) in [6.45, 7) is 4.22. The molecule has 3 aromatic rings. The number of aromatic nitrogens is 2. The number of rotatable bonds is 6. The summed E-state index contributed by atoms with van der Waals surface area (Å²) in [4.78, 5) is 30.4. The van der Waals surface area contributed by atoms with Crippen molar-refractivity contribution in [3.8, 4) is 17.0 Å². The van der Waals surface area contributed by atoms with E-state index in [0.717, 1.165) is 12.8 Å². The summed E-state index contributed by atoms with van der Waals surface area (Å²) in [6.07, 6.45) is 2.28. The van der Waals surface area contributed by atoms with E-state index in [2.05, 4.69) is 9.97 Å². The predicted octanol–water partition coefficient (Wildman–Crippen LogP) is 3.94. The van der Waals surface area contributed by atoms with Crippen LogP contribution in [0.3, 0.4) is 0 Å². The first-order valence-electron chi connectivity index (χ1n) is 9.33. The van der Waals surface area contributed by atoms with Crippen LogP contribution in [0.5, 0.6) is 5.75 Å². The largest absolute Gasteiger partial charge is 0.493 e. The number of halogens is 1. The smallest absolute Gasteiger partial charge is 0.354 e. The maximum absolute atomic E-state index is 14.0. The van der Waals surface area contributed by atoms with E-state index in [1.165, 1.54) is 12.1 Å². The molecular formula is C21H21FN2O4. The molecule has 1 fully saturated rings. The van der Waals surface area contributed by atoms with Gasteiger partial charge in [0.25, 0.3) is 5.56 Å². The number of nitrogens with one attached hydrogen (secondary N) is 2. The highest BCUT2D eigenvalue weighted by Gasteiger charge is 2.24. The standard InChI is InChI=1S/C21H21FN2O4/c1-3-27-21(26)16-9-15-18(20(25)24-16)11(2)23-19(15)14-8-13(22)6-7-17(14)28-10-12-4-5-12/h6-9,12,23H,3-5,10H2,1-2H3,(H,24,25). The normalized spacial score (nSPS) is 13.7. The first-order chi connectivity index (χ1) is 13.5. The minimum atomic E-state index is -0.615. The lowest BCUT2D eigenvalue weighted by atomic mass is 10.1. The SMILES string of the molecule is CCOC(=O)c1cc2c(-c3cc(F)ccc3OCC3CC3)[nH]c(C)c2c(=O)[nH]1. The summed E-state index contributed by atoms with van der Waals surface area (Å²) >= 11 is 0. The Hall–Kier alpha value is -3.09. The average Bonchev–Trinajstić information content (AvgIpc) is 3.43. The molecule has 4 rings (SSSR count). The number of esters is 1. The summed E-state index contributed by atoms with van der Waals surface area (Å²) in [7, 11) is 0. The molecule has 2 N–H and O–H groups in total. The third-order valence-corrected chi connectivity index (χ3v) is 4.87. The van der Waals surface area contributed by atoms with Crippen molar-refractivity contribution in [2.24, 2.45) is 5.92 Å². The van der Waals surface area contributed by atoms with E-state index < -0.39 is 17.3 Å². The Kier molecular flexibility index (Phi) is 4.66. The summed E-state index contributed by atoms with van der Waals surface area (Å²) in [6, 6.07) is 5.87. The van der Waals surface area contributed by atoms with Crippen molar-refractivity contribution in [1.82, 2.24) is 9.97 Å². The fraction of sp³-hybridized carbons (Fsp3) is 0.333. The second-order valence-corrected chi connectivity index (χ2v) is 7.04. The van der Waals surface area contributed by atoms with Crippen LogP contribution >= 0.6 is 0 Å². The van der Waals surface area contributed by atoms with Gasteiger partial charge in [-0.1, -0.05) is 0 Å². The molecule has 0 radical (unpaired) electrons. The monoisotopic (exact) mass is 384 g/mol. The van der Waals surface area contributed by atoms with Crippen LogP contribution in [0.15, 0.2) is 29.1 Å². The van der Waals surface area contributed by atoms with Crippen LogP contribution in [0.25, 0.3) is 22.0 Å². The van der Waals surface area contributed by atoms with Crippen LogP contribution in [-0.2, 0) is 4.74 Å². The van der Waals surface area contributed by atoms with Gasteiger partial charge in [0.15, 0.2) is 0 Å². The zero-order valence-electron chi connectivity index (χ0n) is 15.7. The maximum Gasteiger partial charge on any atom is 0.354 e. The van der Waals surface area contributed by atoms with Crippen molar-refractivity contribution in [2.75, 3.05) is 13.2 Å². The molecule has 2 aromatic heterocycles. The molecule has 1 aliphatic rings. The number of hydrogen-bond donors (Lipinski definition) is 2. The Labute approximate surface area is 160 Å². The molecule has 6 nitrogen and oxygen atoms in total. The Morgan fingerprint density at radius 2 is 2.04 bits per heavy atom. The lowest BCUT2D eigenvalue weighted by Gasteiger charge is -2.11. The van der Waals surface area contributed by atoms with Crippen LogP contribution in [0.2, 0.25) is 0 Å². The molecule has 0 spiro atoms. The number of fused-ring (bicyclic) bond motifs is 1. The first-order valence-corrected chi connectivity index (χ1v) is 9.33. The molecule has 1 saturated carbocycles. The summed E-state index contributed by atoms with van der Waals surface area (Å²) in [5.74, 6) is 0.0492. The van der Waals surface area contributed by atoms with Gasteiger partial charge in [-0.15, -0.1) is 0 Å². The van der Waals surface area contributed by atoms with Gasteiger partial charge in [0, 0.05) is 16.6 Å². The predicted molar refractivity (Wildman–Crippen MR) is 103 cm³/mol. The number of carbonyl (C=O) groups excluding carboxylic acids is 1. The fourth-order valence-electron chi connectivity index (χ4n) is 3.29. The third-order valence-electron chi connectivity index (χ3n) is 4.87. The highest BCUT2D eigenvalue weighted by Crippen LogP contribution is 2.37. The topological polar surface area (TPSA) is 84.2 Å². The quantitative estimate of drug-likeness (QED) is 0.631. The van der Waals surface area contributed by atoms with Crippen molar-refractivity contribution < 1.29 is 18.7 Å². The average molecular weight is 384 g/mol. The Balaban J connectivity index is 1.87. The van der Waals surface area contributed by atoms with E-state index in [-0.39, 0.29) is 12.3 Å². The van der Waals surface area contributed by atoms with E-state index in [1.807, 2.05) is 0 Å². The summed E-state index contributed by atoms with van der Waals surface area (Å²) < 4.78 is 24.9. The van der Waals surface area contributed by atoms with Crippen LogP contribution in [0.4, 0.5) is 4.39 Å². The fourth-order valence-corrected chi connectivity index (χ4v) is 3.29. The van der Waals surface area contributed by atoms with Gasteiger partial charge in [0.1, 0.15) is 17.3 Å². The maximum atomic E-state index is 14.0. The molecule has 1 aliphatic carbocycles. The molecule has 28 heavy (non-hydrogen) atoms. The van der Waals surface area contributed by atoms with Gasteiger partial charge in [-0.3, -0.25) is 4.79 Å². The lowest BCUT2D eigenvalue weighted by molar-refractivity contribution is 0.0519. The van der Waals surface area contributed by atoms with Crippen LogP contribution < -0.4 is 10.3 Å². The highest BCUT2D eigenvalue weighted by atomic mass is 19.1. The number of hydrogen-bond acceptors (Lipinski definition) is 4. The van der Waals surface area contributed by atoms with Gasteiger partial charge in [0.2, 0.25) is 0 Å². The van der Waals surface area contributed by atoms with Gasteiger partial charge in [-0.25, -0.2) is 9.18 Å². The summed E-state index contributed by atoms with van der Waals surface area (Å²) in [5.41, 5.74) is 1.32. The minimum absolute atomic E-state index is 0.0523. The van der Waals surface area contributed by atoms with E-state index >= 15 is 0 Å². The highest BCUT2D eigenvalue weighted by molar-refractivity contribution is 6.01. The van der Waals surface area contributed by atoms with Crippen molar-refractivity contribution in [1.29, 1.82) is 0 Å². The molecular weight excluding hydrogens is 363 g/mol.